The van der Waals surface area contributed by atoms with Crippen molar-refractivity contribution in [2.45, 2.75) is 13.3 Å². The fourth-order valence-corrected chi connectivity index (χ4v) is 1.21. The predicted octanol–water partition coefficient (Wildman–Crippen LogP) is 3.42. The van der Waals surface area contributed by atoms with E-state index >= 15 is 0 Å². The van der Waals surface area contributed by atoms with Crippen LogP contribution in [0.3, 0.4) is 0 Å². The van der Waals surface area contributed by atoms with E-state index in [1.165, 1.54) is 5.56 Å². The maximum absolute atomic E-state index is 5.08. The molecule has 0 aliphatic carbocycles. The molecular formula is C13H16O. The van der Waals surface area contributed by atoms with Crippen molar-refractivity contribution in [2.75, 3.05) is 7.11 Å². The third kappa shape index (κ3) is 3.09. The molecule has 1 heteroatoms. The first-order valence-electron chi connectivity index (χ1n) is 4.68. The molecule has 1 rings (SSSR count). The van der Waals surface area contributed by atoms with Gasteiger partial charge in [0.25, 0.3) is 0 Å². The maximum atomic E-state index is 5.08. The zero-order valence-corrected chi connectivity index (χ0v) is 8.79. The van der Waals surface area contributed by atoms with E-state index in [1.807, 2.05) is 19.1 Å². The Morgan fingerprint density at radius 1 is 1.36 bits per heavy atom. The molecule has 1 nitrogen and oxygen atoms in total. The van der Waals surface area contributed by atoms with Gasteiger partial charge < -0.3 is 4.74 Å². The van der Waals surface area contributed by atoms with Crippen molar-refractivity contribution in [1.82, 2.24) is 0 Å². The Morgan fingerprint density at radius 2 is 2.00 bits per heavy atom. The van der Waals surface area contributed by atoms with E-state index < -0.39 is 0 Å². The summed E-state index contributed by atoms with van der Waals surface area (Å²) in [6.45, 7) is 5.65. The van der Waals surface area contributed by atoms with E-state index in [2.05, 4.69) is 30.8 Å². The second-order valence-corrected chi connectivity index (χ2v) is 3.19. The van der Waals surface area contributed by atoms with Gasteiger partial charge in [-0.05, 0) is 30.5 Å². The second-order valence-electron chi connectivity index (χ2n) is 3.19. The van der Waals surface area contributed by atoms with Gasteiger partial charge >= 0.3 is 0 Å². The molecule has 1 aromatic rings. The van der Waals surface area contributed by atoms with Crippen molar-refractivity contribution >= 4 is 6.08 Å². The van der Waals surface area contributed by atoms with E-state index in [0.29, 0.717) is 0 Å². The van der Waals surface area contributed by atoms with E-state index in [1.54, 1.807) is 7.11 Å². The number of allylic oxidation sites excluding steroid dienone is 2. The summed E-state index contributed by atoms with van der Waals surface area (Å²) >= 11 is 0. The summed E-state index contributed by atoms with van der Waals surface area (Å²) in [6, 6.07) is 8.38. The third-order valence-corrected chi connectivity index (χ3v) is 2.05. The van der Waals surface area contributed by atoms with Crippen molar-refractivity contribution in [3.8, 4) is 0 Å². The first-order valence-corrected chi connectivity index (χ1v) is 4.68. The Balaban J connectivity index is 2.78. The molecule has 14 heavy (non-hydrogen) atoms. The Labute approximate surface area is 85.7 Å². The Hall–Kier alpha value is -1.50. The highest BCUT2D eigenvalue weighted by Gasteiger charge is 1.91. The van der Waals surface area contributed by atoms with Crippen LogP contribution in [0.25, 0.3) is 6.08 Å². The van der Waals surface area contributed by atoms with Crippen LogP contribution in [0.4, 0.5) is 0 Å². The van der Waals surface area contributed by atoms with Gasteiger partial charge in [0.15, 0.2) is 0 Å². The topological polar surface area (TPSA) is 9.23 Å². The number of benzene rings is 1. The summed E-state index contributed by atoms with van der Waals surface area (Å²) in [7, 11) is 1.68. The molecule has 0 spiro atoms. The predicted molar refractivity (Wildman–Crippen MR) is 61.0 cm³/mol. The average Bonchev–Trinajstić information content (AvgIpc) is 2.21. The van der Waals surface area contributed by atoms with Gasteiger partial charge in [-0.3, -0.25) is 0 Å². The molecule has 0 aliphatic heterocycles. The Bertz CT molecular complexity index is 320. The molecule has 0 aliphatic rings. The number of methoxy groups -OCH3 is 1. The summed E-state index contributed by atoms with van der Waals surface area (Å²) in [5, 5.41) is 0. The molecule has 0 bridgehead atoms. The molecule has 0 unspecified atom stereocenters. The first-order chi connectivity index (χ1) is 6.76. The normalized spacial score (nSPS) is 11.1. The largest absolute Gasteiger partial charge is 0.501 e. The van der Waals surface area contributed by atoms with Crippen molar-refractivity contribution in [3.05, 3.63) is 53.8 Å². The average molecular weight is 188 g/mol. The molecule has 0 radical (unpaired) electrons. The fourth-order valence-electron chi connectivity index (χ4n) is 1.21. The molecule has 0 atom stereocenters. The van der Waals surface area contributed by atoms with Crippen LogP contribution >= 0.6 is 0 Å². The molecule has 0 fully saturated rings. The van der Waals surface area contributed by atoms with Crippen LogP contribution in [0.1, 0.15) is 18.1 Å². The number of rotatable bonds is 4. The molecular weight excluding hydrogens is 172 g/mol. The molecule has 74 valence electrons. The molecule has 1 aromatic carbocycles. The highest BCUT2D eigenvalue weighted by molar-refractivity contribution is 5.51. The van der Waals surface area contributed by atoms with Crippen LogP contribution in [-0.4, -0.2) is 7.11 Å². The van der Waals surface area contributed by atoms with Gasteiger partial charge in [0, 0.05) is 0 Å². The number of hydrogen-bond donors (Lipinski definition) is 0. The lowest BCUT2D eigenvalue weighted by Crippen LogP contribution is -1.82. The van der Waals surface area contributed by atoms with Crippen molar-refractivity contribution < 1.29 is 4.74 Å². The van der Waals surface area contributed by atoms with Crippen LogP contribution in [0, 0.1) is 0 Å². The lowest BCUT2D eigenvalue weighted by molar-refractivity contribution is 0.297. The van der Waals surface area contributed by atoms with E-state index in [-0.39, 0.29) is 0 Å². The molecule has 0 amide bonds. The maximum Gasteiger partial charge on any atom is 0.0930 e. The summed E-state index contributed by atoms with van der Waals surface area (Å²) < 4.78 is 5.08. The third-order valence-electron chi connectivity index (χ3n) is 2.05. The van der Waals surface area contributed by atoms with E-state index in [4.69, 9.17) is 4.74 Å². The van der Waals surface area contributed by atoms with Crippen LogP contribution in [0.15, 0.2) is 42.7 Å². The zero-order valence-electron chi connectivity index (χ0n) is 8.79. The van der Waals surface area contributed by atoms with Gasteiger partial charge in [-0.25, -0.2) is 0 Å². The van der Waals surface area contributed by atoms with Crippen LogP contribution in [0.2, 0.25) is 0 Å². The van der Waals surface area contributed by atoms with Gasteiger partial charge in [-0.1, -0.05) is 30.3 Å². The summed E-state index contributed by atoms with van der Waals surface area (Å²) in [4.78, 5) is 0. The molecule has 0 saturated carbocycles. The number of ether oxygens (including phenoxy) is 1. The van der Waals surface area contributed by atoms with E-state index in [9.17, 15) is 0 Å². The van der Waals surface area contributed by atoms with Crippen molar-refractivity contribution in [3.63, 3.8) is 0 Å². The Kier molecular flexibility index (Phi) is 3.99. The van der Waals surface area contributed by atoms with Crippen LogP contribution in [-0.2, 0) is 11.2 Å². The minimum absolute atomic E-state index is 0.918. The minimum Gasteiger partial charge on any atom is -0.501 e. The molecule has 0 aromatic heterocycles. The standard InChI is InChI=1S/C13H16O/c1-4-5-12-6-8-13(9-7-12)10-11(2)14-3/h4,6-10H,1,5H2,2-3H3/b11-10+. The van der Waals surface area contributed by atoms with Gasteiger partial charge in [-0.2, -0.15) is 0 Å². The highest BCUT2D eigenvalue weighted by Crippen LogP contribution is 2.09. The smallest absolute Gasteiger partial charge is 0.0930 e. The summed E-state index contributed by atoms with van der Waals surface area (Å²) in [6.07, 6.45) is 4.84. The van der Waals surface area contributed by atoms with Crippen molar-refractivity contribution in [2.24, 2.45) is 0 Å². The van der Waals surface area contributed by atoms with Gasteiger partial charge in [0.2, 0.25) is 0 Å². The van der Waals surface area contributed by atoms with Gasteiger partial charge in [0.1, 0.15) is 0 Å². The molecule has 0 saturated heterocycles. The fraction of sp³-hybridized carbons (Fsp3) is 0.231. The van der Waals surface area contributed by atoms with E-state index in [0.717, 1.165) is 17.7 Å². The summed E-state index contributed by atoms with van der Waals surface area (Å²) in [5.74, 6) is 0.918. The monoisotopic (exact) mass is 188 g/mol. The Morgan fingerprint density at radius 3 is 2.50 bits per heavy atom. The quantitative estimate of drug-likeness (QED) is 0.519. The molecule has 0 heterocycles. The first kappa shape index (κ1) is 10.6. The van der Waals surface area contributed by atoms with Crippen LogP contribution in [0.5, 0.6) is 0 Å². The van der Waals surface area contributed by atoms with Crippen molar-refractivity contribution in [1.29, 1.82) is 0 Å². The number of hydrogen-bond acceptors (Lipinski definition) is 1. The minimum atomic E-state index is 0.918. The second kappa shape index (κ2) is 5.28. The van der Waals surface area contributed by atoms with Gasteiger partial charge in [-0.15, -0.1) is 6.58 Å². The SMILES string of the molecule is C=CCc1ccc(/C=C(\C)OC)cc1. The lowest BCUT2D eigenvalue weighted by Gasteiger charge is -2.00. The summed E-state index contributed by atoms with van der Waals surface area (Å²) in [5.41, 5.74) is 2.45. The lowest BCUT2D eigenvalue weighted by atomic mass is 10.1. The highest BCUT2D eigenvalue weighted by atomic mass is 16.5. The van der Waals surface area contributed by atoms with Crippen LogP contribution < -0.4 is 0 Å². The molecule has 0 N–H and O–H groups in total. The zero-order chi connectivity index (χ0) is 10.4. The van der Waals surface area contributed by atoms with Gasteiger partial charge in [0.05, 0.1) is 12.9 Å².